The topological polar surface area (TPSA) is 78.4 Å². The Balaban J connectivity index is 0.000000254. The molecule has 0 spiro atoms. The number of aromatic nitrogens is 2. The Morgan fingerprint density at radius 1 is 0.493 bits per heavy atom. The van der Waals surface area contributed by atoms with Gasteiger partial charge in [0.2, 0.25) is 0 Å². The molecule has 0 saturated carbocycles. The van der Waals surface area contributed by atoms with Gasteiger partial charge < -0.3 is 9.47 Å². The summed E-state index contributed by atoms with van der Waals surface area (Å²) >= 11 is 3.14. The number of carbonyl (C=O) groups is 2. The molecule has 0 aliphatic carbocycles. The van der Waals surface area contributed by atoms with Crippen molar-refractivity contribution in [1.82, 2.24) is 9.97 Å². The Labute approximate surface area is 473 Å². The molecular formula is C63H67BrCl2N2O4P2Pd. The van der Waals surface area contributed by atoms with Crippen molar-refractivity contribution in [3.05, 3.63) is 265 Å². The Bertz CT molecular complexity index is 2540. The van der Waals surface area contributed by atoms with E-state index >= 15 is 0 Å². The van der Waals surface area contributed by atoms with Crippen LogP contribution in [0.4, 0.5) is 0 Å². The SMILES string of the molecule is C=CCC.C=CCc1cccnc1C(=O)OC(C)(C)C.CC(C)(C)OC(=O)c1ncccc1Br.[Cl][Pd][Cl].c1ccc(P(c2ccccc2)c2ccccc2)cc1.c1ccc(P(c2ccccc2)c2ccccc2)cc1. The summed E-state index contributed by atoms with van der Waals surface area (Å²) in [5.41, 5.74) is 0.528. The number of allylic oxidation sites excluding steroid dienone is 2. The summed E-state index contributed by atoms with van der Waals surface area (Å²) in [5.74, 6) is -0.796. The summed E-state index contributed by atoms with van der Waals surface area (Å²) in [5, 5.41) is 8.39. The Kier molecular flexibility index (Phi) is 30.5. The molecule has 0 amide bonds. The Morgan fingerprint density at radius 3 is 1.01 bits per heavy atom. The molecular weight excluding hydrogens is 1170 g/mol. The molecule has 8 rings (SSSR count). The summed E-state index contributed by atoms with van der Waals surface area (Å²) in [6.45, 7) is 20.2. The quantitative estimate of drug-likeness (QED) is 0.0556. The second kappa shape index (κ2) is 35.8. The summed E-state index contributed by atoms with van der Waals surface area (Å²) in [7, 11) is 8.74. The fourth-order valence-electron chi connectivity index (χ4n) is 6.49. The summed E-state index contributed by atoms with van der Waals surface area (Å²) in [4.78, 5) is 31.4. The van der Waals surface area contributed by atoms with E-state index in [4.69, 9.17) is 28.5 Å². The molecule has 6 nitrogen and oxygen atoms in total. The van der Waals surface area contributed by atoms with Crippen LogP contribution in [0.5, 0.6) is 0 Å². The summed E-state index contributed by atoms with van der Waals surface area (Å²) in [6.07, 6.45) is 8.46. The van der Waals surface area contributed by atoms with Gasteiger partial charge in [0.1, 0.15) is 11.2 Å². The van der Waals surface area contributed by atoms with Crippen molar-refractivity contribution in [3.63, 3.8) is 0 Å². The molecule has 2 aromatic heterocycles. The predicted molar refractivity (Wildman–Crippen MR) is 323 cm³/mol. The minimum Gasteiger partial charge on any atom is -0.0622 e. The number of hydrogen-bond acceptors (Lipinski definition) is 6. The molecule has 0 fully saturated rings. The van der Waals surface area contributed by atoms with Gasteiger partial charge in [-0.1, -0.05) is 207 Å². The number of hydrogen-bond donors (Lipinski definition) is 0. The van der Waals surface area contributed by atoms with Crippen LogP contribution in [0, 0.1) is 0 Å². The third-order valence-corrected chi connectivity index (χ3v) is 15.1. The number of benzene rings is 6. The van der Waals surface area contributed by atoms with Crippen LogP contribution in [-0.4, -0.2) is 33.1 Å². The maximum absolute atomic E-state index is 11.8. The van der Waals surface area contributed by atoms with E-state index < -0.39 is 33.0 Å². The van der Waals surface area contributed by atoms with Gasteiger partial charge in [-0.2, -0.15) is 0 Å². The monoisotopic (exact) mass is 1230 g/mol. The zero-order chi connectivity index (χ0) is 54.9. The Morgan fingerprint density at radius 2 is 0.760 bits per heavy atom. The van der Waals surface area contributed by atoms with Gasteiger partial charge in [-0.05, 0) is 142 Å². The van der Waals surface area contributed by atoms with Gasteiger partial charge in [0.05, 0.1) is 4.47 Å². The molecule has 0 N–H and O–H groups in total. The van der Waals surface area contributed by atoms with Crippen molar-refractivity contribution in [2.45, 2.75) is 72.5 Å². The first-order valence-electron chi connectivity index (χ1n) is 24.0. The van der Waals surface area contributed by atoms with Crippen molar-refractivity contribution < 1.29 is 35.0 Å². The fraction of sp³-hybridized carbons (Fsp3) is 0.175. The number of ether oxygens (including phenoxy) is 2. The molecule has 394 valence electrons. The summed E-state index contributed by atoms with van der Waals surface area (Å²) in [6, 6.07) is 71.8. The molecule has 2 heterocycles. The largest absolute Gasteiger partial charge is 0.0622 e. The number of carbonyl (C=O) groups excluding carboxylic acids is 2. The van der Waals surface area contributed by atoms with Crippen LogP contribution in [0.15, 0.2) is 248 Å². The molecule has 0 bridgehead atoms. The fourth-order valence-corrected chi connectivity index (χ4v) is 11.5. The van der Waals surface area contributed by atoms with Gasteiger partial charge in [0.15, 0.2) is 11.4 Å². The first-order valence-corrected chi connectivity index (χ1v) is 31.5. The van der Waals surface area contributed by atoms with E-state index in [0.717, 1.165) is 12.0 Å². The van der Waals surface area contributed by atoms with Crippen molar-refractivity contribution in [2.75, 3.05) is 0 Å². The van der Waals surface area contributed by atoms with Crippen LogP contribution in [0.3, 0.4) is 0 Å². The maximum Gasteiger partial charge on any atom is -0.0134 e. The maximum atomic E-state index is 11.8. The van der Waals surface area contributed by atoms with E-state index in [2.05, 4.69) is 228 Å². The predicted octanol–water partition coefficient (Wildman–Crippen LogP) is 15.4. The third-order valence-electron chi connectivity index (χ3n) is 9.57. The van der Waals surface area contributed by atoms with Crippen molar-refractivity contribution in [2.24, 2.45) is 0 Å². The van der Waals surface area contributed by atoms with E-state index in [0.29, 0.717) is 22.3 Å². The molecule has 0 unspecified atom stereocenters. The van der Waals surface area contributed by atoms with Crippen LogP contribution in [0.25, 0.3) is 0 Å². The normalized spacial score (nSPS) is 10.4. The van der Waals surface area contributed by atoms with Gasteiger partial charge in [-0.15, -0.1) is 13.2 Å². The second-order valence-electron chi connectivity index (χ2n) is 17.8. The number of pyridine rings is 2. The van der Waals surface area contributed by atoms with Gasteiger partial charge in [-0.3, -0.25) is 0 Å². The van der Waals surface area contributed by atoms with Crippen LogP contribution < -0.4 is 31.8 Å². The minimum atomic E-state index is -0.500. The number of esters is 2. The van der Waals surface area contributed by atoms with Crippen molar-refractivity contribution >= 4 is 94.6 Å². The zero-order valence-corrected chi connectivity index (χ0v) is 50.1. The van der Waals surface area contributed by atoms with Crippen LogP contribution >= 0.6 is 50.8 Å². The first-order chi connectivity index (χ1) is 36.1. The van der Waals surface area contributed by atoms with Gasteiger partial charge in [0.25, 0.3) is 0 Å². The van der Waals surface area contributed by atoms with E-state index in [1.54, 1.807) is 36.7 Å². The van der Waals surface area contributed by atoms with Crippen LogP contribution in [-0.2, 0) is 31.8 Å². The smallest absolute Gasteiger partial charge is 0.0134 e. The molecule has 6 aromatic carbocycles. The molecule has 12 heteroatoms. The molecule has 0 atom stereocenters. The Hall–Kier alpha value is -5.38. The van der Waals surface area contributed by atoms with Crippen LogP contribution in [0.1, 0.15) is 81.4 Å². The number of nitrogens with zero attached hydrogens (tertiary/aromatic N) is 2. The third kappa shape index (κ3) is 24.9. The molecule has 75 heavy (non-hydrogen) atoms. The molecule has 0 aliphatic rings. The number of halogens is 3. The van der Waals surface area contributed by atoms with E-state index in [1.807, 2.05) is 53.7 Å². The first kappa shape index (κ1) is 63.9. The van der Waals surface area contributed by atoms with E-state index in [1.165, 1.54) is 31.8 Å². The molecule has 0 saturated heterocycles. The number of rotatable bonds is 11. The second-order valence-corrected chi connectivity index (χ2v) is 25.4. The van der Waals surface area contributed by atoms with Crippen molar-refractivity contribution in [3.8, 4) is 0 Å². The molecule has 0 radical (unpaired) electrons. The molecule has 8 aromatic rings. The average Bonchev–Trinajstić information content (AvgIpc) is 3.41. The zero-order valence-electron chi connectivity index (χ0n) is 43.6. The van der Waals surface area contributed by atoms with Gasteiger partial charge in [-0.25, -0.2) is 19.6 Å². The van der Waals surface area contributed by atoms with Gasteiger partial charge >= 0.3 is 46.9 Å². The minimum absolute atomic E-state index is 0.106. The average molecular weight is 1240 g/mol. The van der Waals surface area contributed by atoms with Crippen molar-refractivity contribution in [1.29, 1.82) is 0 Å². The molecule has 0 aliphatic heterocycles. The van der Waals surface area contributed by atoms with Crippen LogP contribution in [0.2, 0.25) is 0 Å². The standard InChI is InChI=1S/2C18H15P.C13H17NO2.C10H12BrNO2.C4H8.2ClH.Pd/c2*1-4-10-16(11-5-1)19(17-12-6-2-7-13-17)18-14-8-3-9-15-18;1-5-7-10-8-6-9-14-11(10)12(15)16-13(2,3)4;1-10(2,3)14-9(13)8-7(11)5-4-6-12-8;1-3-4-2;;;/h2*1-15H;5-6,8-9H,1,7H2,2-4H3;4-6H,1-3H3;3H,1,4H2,2H3;2*1H;/q;;;;;;;+2/p-2. The van der Waals surface area contributed by atoms with E-state index in [9.17, 15) is 9.59 Å². The summed E-state index contributed by atoms with van der Waals surface area (Å²) < 4.78 is 11.1. The van der Waals surface area contributed by atoms with Gasteiger partial charge in [0, 0.05) is 12.4 Å². The van der Waals surface area contributed by atoms with E-state index in [-0.39, 0.29) is 21.9 Å².